The molecule has 0 heterocycles. The topological polar surface area (TPSA) is 52.6 Å². The number of benzene rings is 1. The number of hydrogen-bond donors (Lipinski definition) is 0. The van der Waals surface area contributed by atoms with Crippen LogP contribution in [0.2, 0.25) is 0 Å². The molecule has 0 amide bonds. The summed E-state index contributed by atoms with van der Waals surface area (Å²) in [4.78, 5) is 21.8. The molecule has 1 rings (SSSR count). The Morgan fingerprint density at radius 2 is 1.04 bits per heavy atom. The zero-order valence-electron chi connectivity index (χ0n) is 17.1. The van der Waals surface area contributed by atoms with Crippen molar-refractivity contribution in [2.45, 2.75) is 26.9 Å². The summed E-state index contributed by atoms with van der Waals surface area (Å²) >= 11 is 0. The molecule has 0 atom stereocenters. The van der Waals surface area contributed by atoms with Gasteiger partial charge in [-0.15, -0.1) is 0 Å². The predicted octanol–water partition coefficient (Wildman–Crippen LogP) is 1.97. The maximum Gasteiger partial charge on any atom is 0.302 e. The van der Waals surface area contributed by atoms with Gasteiger partial charge in [0, 0.05) is 25.0 Å². The van der Waals surface area contributed by atoms with E-state index >= 15 is 0 Å². The van der Waals surface area contributed by atoms with Crippen LogP contribution in [0.4, 0.5) is 0 Å². The number of carbonyl (C=O) groups is 2. The second-order valence-corrected chi connectivity index (χ2v) is 8.13. The first-order valence-corrected chi connectivity index (χ1v) is 8.98. The molecule has 0 bridgehead atoms. The number of ether oxygens (including phenoxy) is 2. The van der Waals surface area contributed by atoms with Gasteiger partial charge in [-0.3, -0.25) is 9.59 Å². The van der Waals surface area contributed by atoms with Gasteiger partial charge in [0.25, 0.3) is 0 Å². The first-order chi connectivity index (χ1) is 12.0. The fourth-order valence-electron chi connectivity index (χ4n) is 2.77. The van der Waals surface area contributed by atoms with Crippen LogP contribution in [0.5, 0.6) is 0 Å². The highest BCUT2D eigenvalue weighted by Crippen LogP contribution is 2.14. The number of quaternary nitrogens is 2. The van der Waals surface area contributed by atoms with Crippen LogP contribution >= 0.6 is 0 Å². The molecule has 0 unspecified atom stereocenters. The summed E-state index contributed by atoms with van der Waals surface area (Å²) in [7, 11) is 8.53. The summed E-state index contributed by atoms with van der Waals surface area (Å²) in [6, 6.07) is 8.64. The van der Waals surface area contributed by atoms with Gasteiger partial charge in [-0.05, 0) is 0 Å². The normalized spacial score (nSPS) is 11.9. The molecule has 0 saturated heterocycles. The van der Waals surface area contributed by atoms with Crippen LogP contribution in [-0.2, 0) is 32.2 Å². The van der Waals surface area contributed by atoms with Gasteiger partial charge in [0.15, 0.2) is 0 Å². The smallest absolute Gasteiger partial charge is 0.302 e. The molecule has 6 nitrogen and oxygen atoms in total. The van der Waals surface area contributed by atoms with Crippen molar-refractivity contribution < 1.29 is 28.0 Å². The number of esters is 2. The van der Waals surface area contributed by atoms with Gasteiger partial charge < -0.3 is 18.4 Å². The molecule has 0 saturated carbocycles. The number of carbonyl (C=O) groups excluding carboxylic acids is 2. The van der Waals surface area contributed by atoms with E-state index in [-0.39, 0.29) is 11.9 Å². The second-order valence-electron chi connectivity index (χ2n) is 8.13. The van der Waals surface area contributed by atoms with Crippen molar-refractivity contribution in [3.63, 3.8) is 0 Å². The molecule has 1 aromatic rings. The van der Waals surface area contributed by atoms with Gasteiger partial charge in [-0.1, -0.05) is 24.3 Å². The standard InChI is InChI=1S/C20H34N2O4/c1-17(23)25-13-11-21(3,4)15-19-7-9-20(10-8-19)16-22(5,6)12-14-26-18(2)24/h7-10H,11-16H2,1-6H3/q+2. The van der Waals surface area contributed by atoms with E-state index in [9.17, 15) is 9.59 Å². The van der Waals surface area contributed by atoms with E-state index in [2.05, 4.69) is 52.5 Å². The minimum absolute atomic E-state index is 0.233. The molecule has 0 radical (unpaired) electrons. The van der Waals surface area contributed by atoms with Crippen LogP contribution < -0.4 is 0 Å². The maximum absolute atomic E-state index is 10.9. The Hall–Kier alpha value is -1.92. The number of nitrogens with zero attached hydrogens (tertiary/aromatic N) is 2. The minimum atomic E-state index is -0.233. The molecule has 0 fully saturated rings. The van der Waals surface area contributed by atoms with Crippen molar-refractivity contribution in [1.82, 2.24) is 0 Å². The molecule has 0 N–H and O–H groups in total. The molecular formula is C20H34N2O4+2. The number of rotatable bonds is 10. The molecule has 26 heavy (non-hydrogen) atoms. The molecule has 0 spiro atoms. The highest BCUT2D eigenvalue weighted by atomic mass is 16.5. The highest BCUT2D eigenvalue weighted by molar-refractivity contribution is 5.66. The summed E-state index contributed by atoms with van der Waals surface area (Å²) in [5, 5.41) is 0. The van der Waals surface area contributed by atoms with Gasteiger partial charge in [0.2, 0.25) is 0 Å². The largest absolute Gasteiger partial charge is 0.460 e. The van der Waals surface area contributed by atoms with Gasteiger partial charge >= 0.3 is 11.9 Å². The van der Waals surface area contributed by atoms with Crippen LogP contribution in [0.1, 0.15) is 25.0 Å². The third-order valence-corrected chi connectivity index (χ3v) is 4.25. The van der Waals surface area contributed by atoms with Crippen LogP contribution in [0.25, 0.3) is 0 Å². The summed E-state index contributed by atoms with van der Waals surface area (Å²) < 4.78 is 11.6. The Morgan fingerprint density at radius 3 is 1.31 bits per heavy atom. The minimum Gasteiger partial charge on any atom is -0.460 e. The zero-order chi connectivity index (χ0) is 19.8. The Balaban J connectivity index is 2.54. The Labute approximate surface area is 157 Å². The molecule has 146 valence electrons. The Kier molecular flexibility index (Phi) is 8.24. The number of likely N-dealkylation sites (N-methyl/N-ethyl adjacent to an activating group) is 2. The predicted molar refractivity (Wildman–Crippen MR) is 101 cm³/mol. The average molecular weight is 367 g/mol. The quantitative estimate of drug-likeness (QED) is 0.469. The summed E-state index contributed by atoms with van der Waals surface area (Å²) in [5.74, 6) is -0.465. The van der Waals surface area contributed by atoms with Crippen molar-refractivity contribution in [3.05, 3.63) is 35.4 Å². The molecule has 0 aliphatic heterocycles. The third-order valence-electron chi connectivity index (χ3n) is 4.25. The highest BCUT2D eigenvalue weighted by Gasteiger charge is 2.18. The second kappa shape index (κ2) is 9.69. The molecule has 0 aromatic heterocycles. The summed E-state index contributed by atoms with van der Waals surface area (Å²) in [6.07, 6.45) is 0. The van der Waals surface area contributed by atoms with Gasteiger partial charge in [0.1, 0.15) is 39.4 Å². The Morgan fingerprint density at radius 1 is 0.731 bits per heavy atom. The van der Waals surface area contributed by atoms with Crippen LogP contribution in [-0.4, -0.2) is 75.4 Å². The summed E-state index contributed by atoms with van der Waals surface area (Å²) in [5.41, 5.74) is 2.51. The Bertz CT molecular complexity index is 541. The van der Waals surface area contributed by atoms with Crippen molar-refractivity contribution in [2.24, 2.45) is 0 Å². The third kappa shape index (κ3) is 9.53. The molecule has 0 aliphatic carbocycles. The van der Waals surface area contributed by atoms with Crippen LogP contribution in [0, 0.1) is 0 Å². The zero-order valence-corrected chi connectivity index (χ0v) is 17.1. The molecule has 1 aromatic carbocycles. The SMILES string of the molecule is CC(=O)OCC[N+](C)(C)Cc1ccc(C[N+](C)(C)CCOC(C)=O)cc1. The van der Waals surface area contributed by atoms with Crippen molar-refractivity contribution in [2.75, 3.05) is 54.5 Å². The van der Waals surface area contributed by atoms with E-state index < -0.39 is 0 Å². The van der Waals surface area contributed by atoms with Crippen molar-refractivity contribution in [3.8, 4) is 0 Å². The van der Waals surface area contributed by atoms with Gasteiger partial charge in [-0.25, -0.2) is 0 Å². The van der Waals surface area contributed by atoms with E-state index in [1.54, 1.807) is 0 Å². The first-order valence-electron chi connectivity index (χ1n) is 8.98. The number of hydrogen-bond acceptors (Lipinski definition) is 4. The van der Waals surface area contributed by atoms with Crippen LogP contribution in [0.3, 0.4) is 0 Å². The average Bonchev–Trinajstić information content (AvgIpc) is 2.47. The summed E-state index contributed by atoms with van der Waals surface area (Å²) in [6.45, 7) is 7.07. The van der Waals surface area contributed by atoms with E-state index in [0.29, 0.717) is 13.2 Å². The lowest BCUT2D eigenvalue weighted by molar-refractivity contribution is -0.904. The fraction of sp³-hybridized carbons (Fsp3) is 0.600. The lowest BCUT2D eigenvalue weighted by atomic mass is 10.1. The lowest BCUT2D eigenvalue weighted by Gasteiger charge is -2.30. The molecule has 0 aliphatic rings. The van der Waals surface area contributed by atoms with E-state index in [4.69, 9.17) is 9.47 Å². The van der Waals surface area contributed by atoms with E-state index in [0.717, 1.165) is 35.1 Å². The monoisotopic (exact) mass is 366 g/mol. The lowest BCUT2D eigenvalue weighted by Crippen LogP contribution is -2.42. The van der Waals surface area contributed by atoms with Crippen molar-refractivity contribution in [1.29, 1.82) is 0 Å². The molecular weight excluding hydrogens is 332 g/mol. The van der Waals surface area contributed by atoms with Gasteiger partial charge in [0.05, 0.1) is 28.2 Å². The first kappa shape index (κ1) is 22.1. The van der Waals surface area contributed by atoms with Crippen LogP contribution in [0.15, 0.2) is 24.3 Å². The van der Waals surface area contributed by atoms with Gasteiger partial charge in [-0.2, -0.15) is 0 Å². The maximum atomic E-state index is 10.9. The van der Waals surface area contributed by atoms with E-state index in [1.165, 1.54) is 25.0 Å². The van der Waals surface area contributed by atoms with E-state index in [1.807, 2.05) is 0 Å². The van der Waals surface area contributed by atoms with Crippen molar-refractivity contribution >= 4 is 11.9 Å². The molecule has 6 heteroatoms. The fourth-order valence-corrected chi connectivity index (χ4v) is 2.77.